The van der Waals surface area contributed by atoms with Gasteiger partial charge >= 0.3 is 0 Å². The SMILES string of the molecule is CC(CC1CCCCC1)C(=O)N1CCC(O)(CN2CC(Cc3ccccc3)CC2=O)C2(CCCC2)C1. The Morgan fingerprint density at radius 2 is 1.75 bits per heavy atom. The van der Waals surface area contributed by atoms with Gasteiger partial charge in [-0.05, 0) is 49.5 Å². The molecule has 1 aromatic rings. The van der Waals surface area contributed by atoms with E-state index in [1.54, 1.807) is 0 Å². The molecule has 2 amide bonds. The van der Waals surface area contributed by atoms with Gasteiger partial charge in [-0.15, -0.1) is 0 Å². The second-order valence-electron chi connectivity index (χ2n) is 12.7. The summed E-state index contributed by atoms with van der Waals surface area (Å²) < 4.78 is 0. The van der Waals surface area contributed by atoms with E-state index in [-0.39, 0.29) is 23.1 Å². The summed E-state index contributed by atoms with van der Waals surface area (Å²) in [5.41, 5.74) is 0.102. The molecule has 1 N–H and O–H groups in total. The van der Waals surface area contributed by atoms with Gasteiger partial charge in [0.15, 0.2) is 0 Å². The average Bonchev–Trinajstić information content (AvgIpc) is 3.49. The standard InChI is InChI=1S/C31H46N2O3/c1-24(18-25-10-4-2-5-11-25)29(35)32-17-16-31(36,30(22-32)14-8-9-15-30)23-33-21-27(20-28(33)34)19-26-12-6-3-7-13-26/h3,6-7,12-13,24-25,27,36H,2,4-5,8-11,14-23H2,1H3. The zero-order chi connectivity index (χ0) is 25.2. The summed E-state index contributed by atoms with van der Waals surface area (Å²) in [7, 11) is 0. The van der Waals surface area contributed by atoms with E-state index in [9.17, 15) is 14.7 Å². The molecule has 5 heteroatoms. The van der Waals surface area contributed by atoms with Crippen molar-refractivity contribution in [3.8, 4) is 0 Å². The second-order valence-corrected chi connectivity index (χ2v) is 12.7. The van der Waals surface area contributed by atoms with Crippen LogP contribution in [0.15, 0.2) is 30.3 Å². The minimum Gasteiger partial charge on any atom is -0.387 e. The third-order valence-corrected chi connectivity index (χ3v) is 10.1. The highest BCUT2D eigenvalue weighted by Gasteiger charge is 2.56. The van der Waals surface area contributed by atoms with Gasteiger partial charge in [0.2, 0.25) is 11.8 Å². The van der Waals surface area contributed by atoms with Gasteiger partial charge in [0.05, 0.1) is 12.1 Å². The highest BCUT2D eigenvalue weighted by Crippen LogP contribution is 2.52. The number of benzene rings is 1. The molecule has 2 aliphatic carbocycles. The van der Waals surface area contributed by atoms with Crippen LogP contribution in [-0.2, 0) is 16.0 Å². The third kappa shape index (κ3) is 5.37. The average molecular weight is 495 g/mol. The first kappa shape index (κ1) is 25.8. The molecule has 3 unspecified atom stereocenters. The van der Waals surface area contributed by atoms with Crippen LogP contribution in [0.4, 0.5) is 0 Å². The molecule has 0 aromatic heterocycles. The maximum atomic E-state index is 13.5. The van der Waals surface area contributed by atoms with Crippen molar-refractivity contribution >= 4 is 11.8 Å². The van der Waals surface area contributed by atoms with Gasteiger partial charge in [0.1, 0.15) is 0 Å². The minimum atomic E-state index is -0.899. The summed E-state index contributed by atoms with van der Waals surface area (Å²) in [6.07, 6.45) is 13.7. The van der Waals surface area contributed by atoms with Crippen LogP contribution in [0, 0.1) is 23.2 Å². The second kappa shape index (κ2) is 10.8. The Bertz CT molecular complexity index is 906. The van der Waals surface area contributed by atoms with Crippen LogP contribution in [0.25, 0.3) is 0 Å². The Morgan fingerprint density at radius 3 is 2.47 bits per heavy atom. The van der Waals surface area contributed by atoms with E-state index >= 15 is 0 Å². The van der Waals surface area contributed by atoms with Crippen molar-refractivity contribution in [1.82, 2.24) is 9.80 Å². The van der Waals surface area contributed by atoms with Crippen molar-refractivity contribution < 1.29 is 14.7 Å². The van der Waals surface area contributed by atoms with Gasteiger partial charge in [-0.25, -0.2) is 0 Å². The van der Waals surface area contributed by atoms with E-state index in [0.717, 1.165) is 45.1 Å². The normalized spacial score (nSPS) is 29.7. The number of hydrogen-bond donors (Lipinski definition) is 1. The molecule has 36 heavy (non-hydrogen) atoms. The van der Waals surface area contributed by atoms with Gasteiger partial charge in [-0.2, -0.15) is 0 Å². The summed E-state index contributed by atoms with van der Waals surface area (Å²) >= 11 is 0. The van der Waals surface area contributed by atoms with Gasteiger partial charge in [-0.1, -0.05) is 82.2 Å². The summed E-state index contributed by atoms with van der Waals surface area (Å²) in [5.74, 6) is 1.54. The maximum absolute atomic E-state index is 13.5. The van der Waals surface area contributed by atoms with Crippen LogP contribution in [0.5, 0.6) is 0 Å². The first-order valence-corrected chi connectivity index (χ1v) is 14.7. The lowest BCUT2D eigenvalue weighted by molar-refractivity contribution is -0.167. The van der Waals surface area contributed by atoms with E-state index in [0.29, 0.717) is 44.3 Å². The number of aliphatic hydroxyl groups is 1. The predicted molar refractivity (Wildman–Crippen MR) is 142 cm³/mol. The lowest BCUT2D eigenvalue weighted by Crippen LogP contribution is -2.64. The first-order valence-electron chi connectivity index (χ1n) is 14.7. The van der Waals surface area contributed by atoms with Crippen molar-refractivity contribution in [2.75, 3.05) is 26.2 Å². The van der Waals surface area contributed by atoms with Crippen LogP contribution in [0.3, 0.4) is 0 Å². The lowest BCUT2D eigenvalue weighted by Gasteiger charge is -2.53. The molecule has 4 aliphatic rings. The number of β-amino-alcohol motifs (C(OH)–C–C–N with tert-alkyl or cyclic N) is 1. The quantitative estimate of drug-likeness (QED) is 0.566. The summed E-state index contributed by atoms with van der Waals surface area (Å²) in [5, 5.41) is 12.1. The molecule has 0 bridgehead atoms. The fourth-order valence-electron chi connectivity index (χ4n) is 8.03. The number of amides is 2. The van der Waals surface area contributed by atoms with Crippen LogP contribution < -0.4 is 0 Å². The summed E-state index contributed by atoms with van der Waals surface area (Å²) in [6, 6.07) is 10.4. The molecule has 1 spiro atoms. The fraction of sp³-hybridized carbons (Fsp3) is 0.742. The van der Waals surface area contributed by atoms with Crippen molar-refractivity contribution in [3.63, 3.8) is 0 Å². The molecular formula is C31H46N2O3. The van der Waals surface area contributed by atoms with Crippen LogP contribution >= 0.6 is 0 Å². The first-order chi connectivity index (χ1) is 17.4. The topological polar surface area (TPSA) is 60.9 Å². The molecule has 2 heterocycles. The third-order valence-electron chi connectivity index (χ3n) is 10.1. The Labute approximate surface area is 217 Å². The molecule has 198 valence electrons. The Morgan fingerprint density at radius 1 is 1.03 bits per heavy atom. The number of nitrogens with zero attached hydrogens (tertiary/aromatic N) is 2. The van der Waals surface area contributed by atoms with Crippen molar-refractivity contribution in [2.24, 2.45) is 23.2 Å². The smallest absolute Gasteiger partial charge is 0.225 e. The molecule has 0 radical (unpaired) electrons. The van der Waals surface area contributed by atoms with Crippen molar-refractivity contribution in [2.45, 2.75) is 96.0 Å². The van der Waals surface area contributed by atoms with Gasteiger partial charge in [0, 0.05) is 37.4 Å². The molecule has 5 nitrogen and oxygen atoms in total. The molecule has 4 fully saturated rings. The molecule has 1 aromatic carbocycles. The fourth-order valence-corrected chi connectivity index (χ4v) is 8.03. The Balaban J connectivity index is 1.23. The Hall–Kier alpha value is -1.88. The molecule has 5 rings (SSSR count). The number of hydrogen-bond acceptors (Lipinski definition) is 3. The zero-order valence-corrected chi connectivity index (χ0v) is 22.3. The molecule has 2 saturated carbocycles. The number of carbonyl (C=O) groups is 2. The largest absolute Gasteiger partial charge is 0.387 e. The predicted octanol–water partition coefficient (Wildman–Crippen LogP) is 5.21. The number of carbonyl (C=O) groups excluding carboxylic acids is 2. The summed E-state index contributed by atoms with van der Waals surface area (Å²) in [4.78, 5) is 30.5. The highest BCUT2D eigenvalue weighted by molar-refractivity contribution is 5.79. The van der Waals surface area contributed by atoms with Crippen LogP contribution in [-0.4, -0.2) is 58.5 Å². The van der Waals surface area contributed by atoms with E-state index < -0.39 is 5.60 Å². The minimum absolute atomic E-state index is 0.0663. The highest BCUT2D eigenvalue weighted by atomic mass is 16.3. The van der Waals surface area contributed by atoms with E-state index in [4.69, 9.17) is 0 Å². The van der Waals surface area contributed by atoms with Crippen molar-refractivity contribution in [1.29, 1.82) is 0 Å². The molecule has 3 atom stereocenters. The number of piperidine rings is 1. The van der Waals surface area contributed by atoms with E-state index in [1.807, 2.05) is 11.0 Å². The monoisotopic (exact) mass is 494 g/mol. The van der Waals surface area contributed by atoms with Crippen LogP contribution in [0.2, 0.25) is 0 Å². The molecule has 2 saturated heterocycles. The molecular weight excluding hydrogens is 448 g/mol. The maximum Gasteiger partial charge on any atom is 0.225 e. The Kier molecular flexibility index (Phi) is 7.76. The number of likely N-dealkylation sites (tertiary alicyclic amines) is 2. The van der Waals surface area contributed by atoms with Crippen molar-refractivity contribution in [3.05, 3.63) is 35.9 Å². The van der Waals surface area contributed by atoms with E-state index in [1.165, 1.54) is 37.7 Å². The van der Waals surface area contributed by atoms with E-state index in [2.05, 4.69) is 36.1 Å². The van der Waals surface area contributed by atoms with Gasteiger partial charge in [0.25, 0.3) is 0 Å². The van der Waals surface area contributed by atoms with Gasteiger partial charge in [-0.3, -0.25) is 9.59 Å². The van der Waals surface area contributed by atoms with Crippen LogP contribution in [0.1, 0.15) is 89.5 Å². The molecule has 2 aliphatic heterocycles. The number of rotatable bonds is 7. The van der Waals surface area contributed by atoms with Gasteiger partial charge < -0.3 is 14.9 Å². The zero-order valence-electron chi connectivity index (χ0n) is 22.3. The lowest BCUT2D eigenvalue weighted by atomic mass is 9.65. The summed E-state index contributed by atoms with van der Waals surface area (Å²) in [6.45, 7) is 4.55.